The Morgan fingerprint density at radius 3 is 2.14 bits per heavy atom. The summed E-state index contributed by atoms with van der Waals surface area (Å²) in [6.07, 6.45) is -3.54. The van der Waals surface area contributed by atoms with Crippen molar-refractivity contribution in [3.8, 4) is 0 Å². The zero-order valence-electron chi connectivity index (χ0n) is 21.2. The number of sulfonamides is 1. The topological polar surface area (TPSA) is 84.0 Å². The lowest BCUT2D eigenvalue weighted by molar-refractivity contribution is -0.141. The van der Waals surface area contributed by atoms with E-state index in [1.165, 1.54) is 23.5 Å². The van der Waals surface area contributed by atoms with Crippen LogP contribution in [-0.2, 0) is 32.3 Å². The Labute approximate surface area is 215 Å². The van der Waals surface area contributed by atoms with Crippen molar-refractivity contribution in [2.45, 2.75) is 57.3 Å². The highest BCUT2D eigenvalue weighted by Gasteiger charge is 2.38. The number of esters is 1. The fraction of sp³-hybridized carbons (Fsp3) is 0.462. The second-order valence-corrected chi connectivity index (χ2v) is 11.9. The van der Waals surface area contributed by atoms with Gasteiger partial charge in [0.1, 0.15) is 0 Å². The van der Waals surface area contributed by atoms with Crippen LogP contribution >= 0.6 is 0 Å². The molecule has 1 fully saturated rings. The lowest BCUT2D eigenvalue weighted by Gasteiger charge is -2.40. The van der Waals surface area contributed by atoms with Crippen molar-refractivity contribution < 1.29 is 35.9 Å². The molecule has 0 spiro atoms. The third kappa shape index (κ3) is 6.70. The Morgan fingerprint density at radius 2 is 1.62 bits per heavy atom. The van der Waals surface area contributed by atoms with Crippen LogP contribution in [0.15, 0.2) is 53.4 Å². The van der Waals surface area contributed by atoms with Gasteiger partial charge in [-0.15, -0.1) is 0 Å². The molecule has 2 aromatic rings. The minimum Gasteiger partial charge on any atom is -0.465 e. The standard InChI is InChI=1S/C26H31F3N2O5S/c1-25(2,3)24(33)30-15-5-6-21(17-30)31(16-18-7-9-19(10-8-18)23(32)36-4)37(34,35)22-13-11-20(12-14-22)26(27,28)29/h7-14,21H,5-6,15-17H2,1-4H3. The van der Waals surface area contributed by atoms with Crippen LogP contribution in [-0.4, -0.2) is 55.7 Å². The quantitative estimate of drug-likeness (QED) is 0.495. The van der Waals surface area contributed by atoms with Gasteiger partial charge in [0.15, 0.2) is 0 Å². The van der Waals surface area contributed by atoms with Crippen LogP contribution in [0.2, 0.25) is 0 Å². The molecule has 7 nitrogen and oxygen atoms in total. The molecule has 1 amide bonds. The van der Waals surface area contributed by atoms with E-state index in [9.17, 15) is 31.2 Å². The Kier molecular flexibility index (Phi) is 8.38. The van der Waals surface area contributed by atoms with E-state index in [0.29, 0.717) is 30.5 Å². The summed E-state index contributed by atoms with van der Waals surface area (Å²) in [5.74, 6) is -0.643. The maximum atomic E-state index is 13.8. The van der Waals surface area contributed by atoms with Crippen LogP contribution in [0.1, 0.15) is 55.1 Å². The molecule has 1 saturated heterocycles. The van der Waals surface area contributed by atoms with Crippen LogP contribution in [0.25, 0.3) is 0 Å². The van der Waals surface area contributed by atoms with Gasteiger partial charge in [0, 0.05) is 31.1 Å². The second kappa shape index (κ2) is 10.8. The van der Waals surface area contributed by atoms with E-state index in [0.717, 1.165) is 24.3 Å². The summed E-state index contributed by atoms with van der Waals surface area (Å²) in [6, 6.07) is 9.02. The van der Waals surface area contributed by atoms with E-state index >= 15 is 0 Å². The van der Waals surface area contributed by atoms with E-state index in [2.05, 4.69) is 0 Å². The molecule has 1 heterocycles. The van der Waals surface area contributed by atoms with Gasteiger partial charge in [-0.2, -0.15) is 17.5 Å². The molecule has 1 aliphatic heterocycles. The summed E-state index contributed by atoms with van der Waals surface area (Å²) in [6.45, 7) is 5.94. The monoisotopic (exact) mass is 540 g/mol. The number of nitrogens with zero attached hydrogens (tertiary/aromatic N) is 2. The average molecular weight is 541 g/mol. The molecule has 1 unspecified atom stereocenters. The molecule has 1 atom stereocenters. The summed E-state index contributed by atoms with van der Waals surface area (Å²) < 4.78 is 72.6. The average Bonchev–Trinajstić information content (AvgIpc) is 2.85. The molecule has 11 heteroatoms. The Morgan fingerprint density at radius 1 is 1.03 bits per heavy atom. The highest BCUT2D eigenvalue weighted by atomic mass is 32.2. The second-order valence-electron chi connectivity index (χ2n) is 10.1. The van der Waals surface area contributed by atoms with Crippen molar-refractivity contribution in [2.24, 2.45) is 5.41 Å². The lowest BCUT2D eigenvalue weighted by Crippen LogP contribution is -2.53. The Balaban J connectivity index is 1.98. The van der Waals surface area contributed by atoms with Crippen molar-refractivity contribution in [2.75, 3.05) is 20.2 Å². The molecule has 0 aliphatic carbocycles. The minimum atomic E-state index is -4.60. The largest absolute Gasteiger partial charge is 0.465 e. The summed E-state index contributed by atoms with van der Waals surface area (Å²) in [5, 5.41) is 0. The number of piperidine rings is 1. The van der Waals surface area contributed by atoms with Crippen LogP contribution < -0.4 is 0 Å². The SMILES string of the molecule is COC(=O)c1ccc(CN(C2CCCN(C(=O)C(C)(C)C)C2)S(=O)(=O)c2ccc(C(F)(F)F)cc2)cc1. The van der Waals surface area contributed by atoms with E-state index in [1.54, 1.807) is 37.8 Å². The maximum absolute atomic E-state index is 13.8. The van der Waals surface area contributed by atoms with Gasteiger partial charge in [0.25, 0.3) is 0 Å². The molecule has 0 saturated carbocycles. The zero-order valence-corrected chi connectivity index (χ0v) is 22.0. The number of amides is 1. The number of benzene rings is 2. The van der Waals surface area contributed by atoms with Crippen LogP contribution in [0.5, 0.6) is 0 Å². The first-order valence-corrected chi connectivity index (χ1v) is 13.2. The summed E-state index contributed by atoms with van der Waals surface area (Å²) in [7, 11) is -2.99. The summed E-state index contributed by atoms with van der Waals surface area (Å²) in [5.41, 5.74) is -0.732. The molecule has 202 valence electrons. The van der Waals surface area contributed by atoms with E-state index in [-0.39, 0.29) is 23.9 Å². The van der Waals surface area contributed by atoms with Crippen molar-refractivity contribution in [3.05, 3.63) is 65.2 Å². The molecule has 37 heavy (non-hydrogen) atoms. The third-order valence-corrected chi connectivity index (χ3v) is 8.15. The number of hydrogen-bond acceptors (Lipinski definition) is 5. The number of likely N-dealkylation sites (tertiary alicyclic amines) is 1. The first kappa shape index (κ1) is 28.6. The molecule has 0 bridgehead atoms. The van der Waals surface area contributed by atoms with Gasteiger partial charge in [0.2, 0.25) is 15.9 Å². The zero-order chi connectivity index (χ0) is 27.6. The smallest absolute Gasteiger partial charge is 0.416 e. The minimum absolute atomic E-state index is 0.0903. The lowest BCUT2D eigenvalue weighted by atomic mass is 9.93. The van der Waals surface area contributed by atoms with Crippen LogP contribution in [0.4, 0.5) is 13.2 Å². The molecular formula is C26H31F3N2O5S. The normalized spacial score (nSPS) is 17.1. The van der Waals surface area contributed by atoms with Gasteiger partial charge in [-0.25, -0.2) is 13.2 Å². The van der Waals surface area contributed by atoms with Crippen molar-refractivity contribution in [1.82, 2.24) is 9.21 Å². The fourth-order valence-electron chi connectivity index (χ4n) is 4.25. The first-order valence-electron chi connectivity index (χ1n) is 11.8. The van der Waals surface area contributed by atoms with Gasteiger partial charge in [0.05, 0.1) is 23.1 Å². The first-order chi connectivity index (χ1) is 17.1. The van der Waals surface area contributed by atoms with Gasteiger partial charge in [-0.3, -0.25) is 4.79 Å². The number of carbonyl (C=O) groups excluding carboxylic acids is 2. The van der Waals surface area contributed by atoms with Gasteiger partial charge < -0.3 is 9.64 Å². The van der Waals surface area contributed by atoms with Gasteiger partial charge >= 0.3 is 12.1 Å². The Hall–Kier alpha value is -2.92. The maximum Gasteiger partial charge on any atom is 0.416 e. The number of methoxy groups -OCH3 is 1. The predicted octanol–water partition coefficient (Wildman–Crippen LogP) is 4.72. The number of halogens is 3. The van der Waals surface area contributed by atoms with Gasteiger partial charge in [-0.1, -0.05) is 32.9 Å². The molecule has 2 aromatic carbocycles. The Bertz CT molecular complexity index is 1220. The predicted molar refractivity (Wildman–Crippen MR) is 131 cm³/mol. The molecule has 0 aromatic heterocycles. The number of alkyl halides is 3. The number of rotatable bonds is 6. The highest BCUT2D eigenvalue weighted by molar-refractivity contribution is 7.89. The van der Waals surface area contributed by atoms with E-state index in [1.807, 2.05) is 0 Å². The van der Waals surface area contributed by atoms with Crippen LogP contribution in [0.3, 0.4) is 0 Å². The molecule has 0 N–H and O–H groups in total. The summed E-state index contributed by atoms with van der Waals surface area (Å²) in [4.78, 5) is 26.1. The highest BCUT2D eigenvalue weighted by Crippen LogP contribution is 2.32. The van der Waals surface area contributed by atoms with Crippen molar-refractivity contribution in [3.63, 3.8) is 0 Å². The van der Waals surface area contributed by atoms with E-state index in [4.69, 9.17) is 4.74 Å². The number of ether oxygens (including phenoxy) is 1. The molecular weight excluding hydrogens is 509 g/mol. The number of carbonyl (C=O) groups is 2. The fourth-order valence-corrected chi connectivity index (χ4v) is 5.89. The van der Waals surface area contributed by atoms with E-state index < -0.39 is 39.2 Å². The van der Waals surface area contributed by atoms with Crippen LogP contribution in [0, 0.1) is 5.41 Å². The summed E-state index contributed by atoms with van der Waals surface area (Å²) >= 11 is 0. The van der Waals surface area contributed by atoms with Gasteiger partial charge in [-0.05, 0) is 54.8 Å². The third-order valence-electron chi connectivity index (χ3n) is 6.23. The molecule has 1 aliphatic rings. The van der Waals surface area contributed by atoms with Crippen molar-refractivity contribution >= 4 is 21.9 Å². The molecule has 0 radical (unpaired) electrons. The van der Waals surface area contributed by atoms with Crippen molar-refractivity contribution in [1.29, 1.82) is 0 Å². The molecule has 3 rings (SSSR count). The number of hydrogen-bond donors (Lipinski definition) is 0.